The molecule has 118 valence electrons. The zero-order chi connectivity index (χ0) is 14.8. The van der Waals surface area contributed by atoms with Gasteiger partial charge in [-0.2, -0.15) is 0 Å². The Labute approximate surface area is 148 Å². The molecule has 3 nitrogen and oxygen atoms in total. The lowest BCUT2D eigenvalue weighted by Crippen LogP contribution is -2.41. The summed E-state index contributed by atoms with van der Waals surface area (Å²) in [6.45, 7) is 0.515. The summed E-state index contributed by atoms with van der Waals surface area (Å²) in [5.41, 5.74) is 6.86. The molecule has 0 aliphatic heterocycles. The average molecular weight is 402 g/mol. The second kappa shape index (κ2) is 7.59. The lowest BCUT2D eigenvalue weighted by molar-refractivity contribution is 0.0937. The maximum atomic E-state index is 12.3. The number of halogens is 2. The summed E-state index contributed by atoms with van der Waals surface area (Å²) in [6.07, 6.45) is 2.35. The molecule has 2 aromatic rings. The first-order valence-electron chi connectivity index (χ1n) is 7.04. The summed E-state index contributed by atoms with van der Waals surface area (Å²) < 4.78 is 1.05. The number of carbonyl (C=O) groups is 1. The molecule has 1 unspecified atom stereocenters. The van der Waals surface area contributed by atoms with Crippen molar-refractivity contribution in [3.05, 3.63) is 45.7 Å². The van der Waals surface area contributed by atoms with E-state index in [0.717, 1.165) is 19.8 Å². The Morgan fingerprint density at radius 3 is 2.55 bits per heavy atom. The molecule has 1 atom stereocenters. The number of hydrogen-bond acceptors (Lipinski definition) is 3. The van der Waals surface area contributed by atoms with Crippen molar-refractivity contribution in [1.82, 2.24) is 5.32 Å². The highest BCUT2D eigenvalue weighted by Crippen LogP contribution is 2.33. The molecule has 1 aromatic heterocycles. The van der Waals surface area contributed by atoms with Crippen LogP contribution in [0, 0.1) is 5.92 Å². The van der Waals surface area contributed by atoms with Crippen molar-refractivity contribution in [2.45, 2.75) is 18.9 Å². The van der Waals surface area contributed by atoms with Gasteiger partial charge >= 0.3 is 0 Å². The van der Waals surface area contributed by atoms with Gasteiger partial charge in [0.1, 0.15) is 0 Å². The normalized spacial score (nSPS) is 15.0. The molecule has 0 spiro atoms. The van der Waals surface area contributed by atoms with Crippen molar-refractivity contribution in [3.8, 4) is 10.4 Å². The standard InChI is InChI=1S/C16H17BrN2OS.ClH/c17-12-5-3-11(4-6-12)14-7-8-15(21-14)16(20)19-13(9-18)10-1-2-10;/h3-8,10,13H,1-2,9,18H2,(H,19,20);1H. The van der Waals surface area contributed by atoms with E-state index in [0.29, 0.717) is 12.5 Å². The van der Waals surface area contributed by atoms with E-state index in [9.17, 15) is 4.79 Å². The topological polar surface area (TPSA) is 55.1 Å². The lowest BCUT2D eigenvalue weighted by atomic mass is 10.2. The van der Waals surface area contributed by atoms with Crippen LogP contribution in [0.5, 0.6) is 0 Å². The van der Waals surface area contributed by atoms with Crippen LogP contribution in [0.15, 0.2) is 40.9 Å². The van der Waals surface area contributed by atoms with Crippen molar-refractivity contribution in [2.75, 3.05) is 6.54 Å². The molecule has 0 radical (unpaired) electrons. The first kappa shape index (κ1) is 17.5. The van der Waals surface area contributed by atoms with E-state index in [1.807, 2.05) is 36.4 Å². The summed E-state index contributed by atoms with van der Waals surface area (Å²) in [4.78, 5) is 14.1. The van der Waals surface area contributed by atoms with Crippen LogP contribution in [0.25, 0.3) is 10.4 Å². The van der Waals surface area contributed by atoms with Crippen LogP contribution in [0.2, 0.25) is 0 Å². The number of nitrogens with two attached hydrogens (primary N) is 1. The molecule has 22 heavy (non-hydrogen) atoms. The number of benzene rings is 1. The number of amides is 1. The molecule has 1 heterocycles. The third-order valence-electron chi connectivity index (χ3n) is 3.72. The Morgan fingerprint density at radius 1 is 1.27 bits per heavy atom. The second-order valence-electron chi connectivity index (χ2n) is 5.32. The van der Waals surface area contributed by atoms with Crippen LogP contribution in [-0.4, -0.2) is 18.5 Å². The molecule has 1 aromatic carbocycles. The molecule has 1 saturated carbocycles. The summed E-state index contributed by atoms with van der Waals surface area (Å²) in [7, 11) is 0. The van der Waals surface area contributed by atoms with Gasteiger partial charge < -0.3 is 11.1 Å². The molecule has 3 N–H and O–H groups in total. The quantitative estimate of drug-likeness (QED) is 0.793. The third kappa shape index (κ3) is 4.10. The fourth-order valence-electron chi connectivity index (χ4n) is 2.34. The Balaban J connectivity index is 0.00000176. The van der Waals surface area contributed by atoms with Crippen LogP contribution >= 0.6 is 39.7 Å². The molecule has 1 aliphatic rings. The fraction of sp³-hybridized carbons (Fsp3) is 0.312. The Hall–Kier alpha value is -0.880. The first-order valence-corrected chi connectivity index (χ1v) is 8.65. The van der Waals surface area contributed by atoms with Crippen molar-refractivity contribution in [1.29, 1.82) is 0 Å². The van der Waals surface area contributed by atoms with E-state index in [2.05, 4.69) is 21.2 Å². The molecule has 0 bridgehead atoms. The van der Waals surface area contributed by atoms with Gasteiger partial charge in [-0.1, -0.05) is 28.1 Å². The highest BCUT2D eigenvalue weighted by atomic mass is 79.9. The predicted octanol–water partition coefficient (Wildman–Crippen LogP) is 4.07. The zero-order valence-electron chi connectivity index (χ0n) is 11.9. The van der Waals surface area contributed by atoms with Gasteiger partial charge in [0.25, 0.3) is 5.91 Å². The SMILES string of the molecule is Cl.NCC(NC(=O)c1ccc(-c2ccc(Br)cc2)s1)C1CC1. The van der Waals surface area contributed by atoms with Gasteiger partial charge in [0.2, 0.25) is 0 Å². The van der Waals surface area contributed by atoms with Crippen molar-refractivity contribution in [2.24, 2.45) is 11.7 Å². The van der Waals surface area contributed by atoms with Gasteiger partial charge in [0.05, 0.1) is 4.88 Å². The maximum Gasteiger partial charge on any atom is 0.261 e. The number of nitrogens with one attached hydrogen (secondary N) is 1. The van der Waals surface area contributed by atoms with E-state index in [1.165, 1.54) is 24.2 Å². The minimum absolute atomic E-state index is 0. The largest absolute Gasteiger partial charge is 0.347 e. The Bertz CT molecular complexity index is 640. The molecule has 1 aliphatic carbocycles. The number of carbonyl (C=O) groups excluding carboxylic acids is 1. The van der Waals surface area contributed by atoms with E-state index >= 15 is 0 Å². The van der Waals surface area contributed by atoms with Gasteiger partial charge in [-0.25, -0.2) is 0 Å². The van der Waals surface area contributed by atoms with E-state index in [-0.39, 0.29) is 24.4 Å². The maximum absolute atomic E-state index is 12.3. The Kier molecular flexibility index (Phi) is 6.03. The minimum Gasteiger partial charge on any atom is -0.347 e. The minimum atomic E-state index is -0.00860. The highest BCUT2D eigenvalue weighted by Gasteiger charge is 2.31. The smallest absolute Gasteiger partial charge is 0.261 e. The van der Waals surface area contributed by atoms with Gasteiger partial charge in [-0.05, 0) is 48.6 Å². The zero-order valence-corrected chi connectivity index (χ0v) is 15.1. The Morgan fingerprint density at radius 2 is 1.95 bits per heavy atom. The van der Waals surface area contributed by atoms with Gasteiger partial charge in [0, 0.05) is 21.9 Å². The molecule has 6 heteroatoms. The van der Waals surface area contributed by atoms with Gasteiger partial charge in [-0.15, -0.1) is 23.7 Å². The molecule has 1 fully saturated rings. The summed E-state index contributed by atoms with van der Waals surface area (Å²) in [6, 6.07) is 12.1. The number of hydrogen-bond donors (Lipinski definition) is 2. The second-order valence-corrected chi connectivity index (χ2v) is 7.32. The summed E-state index contributed by atoms with van der Waals surface area (Å²) >= 11 is 4.94. The van der Waals surface area contributed by atoms with Gasteiger partial charge in [0.15, 0.2) is 0 Å². The van der Waals surface area contributed by atoms with Crippen molar-refractivity contribution < 1.29 is 4.79 Å². The van der Waals surface area contributed by atoms with Crippen molar-refractivity contribution in [3.63, 3.8) is 0 Å². The first-order chi connectivity index (χ1) is 10.2. The highest BCUT2D eigenvalue weighted by molar-refractivity contribution is 9.10. The van der Waals surface area contributed by atoms with Crippen LogP contribution < -0.4 is 11.1 Å². The molecular weight excluding hydrogens is 384 g/mol. The average Bonchev–Trinajstić information content (AvgIpc) is 3.21. The van der Waals surface area contributed by atoms with Crippen LogP contribution in [0.4, 0.5) is 0 Å². The van der Waals surface area contributed by atoms with Crippen LogP contribution in [0.1, 0.15) is 22.5 Å². The summed E-state index contributed by atoms with van der Waals surface area (Å²) in [5, 5.41) is 3.06. The van der Waals surface area contributed by atoms with E-state index < -0.39 is 0 Å². The molecule has 3 rings (SSSR count). The number of rotatable bonds is 5. The summed E-state index contributed by atoms with van der Waals surface area (Å²) in [5.74, 6) is 0.565. The fourth-order valence-corrected chi connectivity index (χ4v) is 3.52. The predicted molar refractivity (Wildman–Crippen MR) is 97.7 cm³/mol. The van der Waals surface area contributed by atoms with Gasteiger partial charge in [-0.3, -0.25) is 4.79 Å². The van der Waals surface area contributed by atoms with Crippen molar-refractivity contribution >= 4 is 45.6 Å². The lowest BCUT2D eigenvalue weighted by Gasteiger charge is -2.15. The van der Waals surface area contributed by atoms with Crippen LogP contribution in [-0.2, 0) is 0 Å². The van der Waals surface area contributed by atoms with E-state index in [1.54, 1.807) is 0 Å². The monoisotopic (exact) mass is 400 g/mol. The molecule has 0 saturated heterocycles. The number of thiophene rings is 1. The van der Waals surface area contributed by atoms with Crippen LogP contribution in [0.3, 0.4) is 0 Å². The molecular formula is C16H18BrClN2OS. The van der Waals surface area contributed by atoms with E-state index in [4.69, 9.17) is 5.73 Å². The third-order valence-corrected chi connectivity index (χ3v) is 5.38. The molecule has 1 amide bonds.